The highest BCUT2D eigenvalue weighted by Crippen LogP contribution is 2.30. The van der Waals surface area contributed by atoms with E-state index in [0.717, 1.165) is 24.8 Å². The molecule has 1 amide bonds. The summed E-state index contributed by atoms with van der Waals surface area (Å²) in [5.74, 6) is -0.116. The van der Waals surface area contributed by atoms with Crippen LogP contribution in [0, 0.1) is 12.8 Å². The van der Waals surface area contributed by atoms with Crippen molar-refractivity contribution >= 4 is 15.7 Å². The molecule has 1 aromatic heterocycles. The van der Waals surface area contributed by atoms with Crippen molar-refractivity contribution in [3.63, 3.8) is 0 Å². The van der Waals surface area contributed by atoms with E-state index in [2.05, 4.69) is 27.3 Å². The smallest absolute Gasteiger partial charge is 0.220 e. The number of tetrazole rings is 1. The molecule has 0 bridgehead atoms. The van der Waals surface area contributed by atoms with E-state index in [1.54, 1.807) is 24.3 Å². The lowest BCUT2D eigenvalue weighted by Crippen LogP contribution is -2.41. The largest absolute Gasteiger partial charge is 0.369 e. The Labute approximate surface area is 177 Å². The SMILES string of the molecule is CCCC[C@@H](c1nnnn1CS(=O)(=O)c1ccc(C)cc1)N1CCC(C(N)=O)CC1. The van der Waals surface area contributed by atoms with Crippen LogP contribution in [0.4, 0.5) is 0 Å². The van der Waals surface area contributed by atoms with E-state index in [9.17, 15) is 13.2 Å². The van der Waals surface area contributed by atoms with Gasteiger partial charge < -0.3 is 5.73 Å². The molecule has 3 rings (SSSR count). The van der Waals surface area contributed by atoms with Gasteiger partial charge in [0, 0.05) is 5.92 Å². The molecule has 164 valence electrons. The summed E-state index contributed by atoms with van der Waals surface area (Å²) >= 11 is 0. The Morgan fingerprint density at radius 1 is 1.23 bits per heavy atom. The van der Waals surface area contributed by atoms with E-state index in [1.807, 2.05) is 6.92 Å². The fourth-order valence-electron chi connectivity index (χ4n) is 3.89. The molecule has 9 nitrogen and oxygen atoms in total. The number of aromatic nitrogens is 4. The molecule has 0 saturated carbocycles. The van der Waals surface area contributed by atoms with E-state index in [1.165, 1.54) is 4.68 Å². The minimum absolute atomic E-state index is 0.0954. The van der Waals surface area contributed by atoms with Gasteiger partial charge >= 0.3 is 0 Å². The van der Waals surface area contributed by atoms with Gasteiger partial charge in [-0.2, -0.15) is 0 Å². The Hall–Kier alpha value is -2.33. The second kappa shape index (κ2) is 9.65. The maximum absolute atomic E-state index is 12.9. The van der Waals surface area contributed by atoms with Gasteiger partial charge in [0.25, 0.3) is 0 Å². The first-order valence-corrected chi connectivity index (χ1v) is 12.1. The Kier molecular flexibility index (Phi) is 7.19. The van der Waals surface area contributed by atoms with Gasteiger partial charge in [-0.3, -0.25) is 9.69 Å². The van der Waals surface area contributed by atoms with Crippen LogP contribution in [-0.4, -0.2) is 52.5 Å². The van der Waals surface area contributed by atoms with Gasteiger partial charge in [-0.1, -0.05) is 37.5 Å². The van der Waals surface area contributed by atoms with Gasteiger partial charge in [0.1, 0.15) is 0 Å². The number of carbonyl (C=O) groups excluding carboxylic acids is 1. The summed E-state index contributed by atoms with van der Waals surface area (Å²) in [7, 11) is -3.59. The average molecular weight is 435 g/mol. The molecule has 0 radical (unpaired) electrons. The number of hydrogen-bond acceptors (Lipinski definition) is 7. The summed E-state index contributed by atoms with van der Waals surface area (Å²) in [5, 5.41) is 12.0. The number of aryl methyl sites for hydroxylation is 1. The van der Waals surface area contributed by atoms with Crippen molar-refractivity contribution in [2.24, 2.45) is 11.7 Å². The van der Waals surface area contributed by atoms with Crippen LogP contribution in [0.2, 0.25) is 0 Å². The molecule has 1 aromatic carbocycles. The van der Waals surface area contributed by atoms with Crippen LogP contribution in [0.1, 0.15) is 56.5 Å². The number of nitrogens with zero attached hydrogens (tertiary/aromatic N) is 5. The normalized spacial score (nSPS) is 17.1. The minimum atomic E-state index is -3.59. The number of likely N-dealkylation sites (tertiary alicyclic amines) is 1. The van der Waals surface area contributed by atoms with Gasteiger partial charge in [0.05, 0.1) is 10.9 Å². The molecule has 0 spiro atoms. The van der Waals surface area contributed by atoms with E-state index >= 15 is 0 Å². The highest BCUT2D eigenvalue weighted by atomic mass is 32.2. The van der Waals surface area contributed by atoms with Crippen LogP contribution < -0.4 is 5.73 Å². The van der Waals surface area contributed by atoms with Crippen LogP contribution in [0.5, 0.6) is 0 Å². The lowest BCUT2D eigenvalue weighted by Gasteiger charge is -2.36. The number of hydrogen-bond donors (Lipinski definition) is 1. The monoisotopic (exact) mass is 434 g/mol. The fourth-order valence-corrected chi connectivity index (χ4v) is 5.10. The zero-order valence-corrected chi connectivity index (χ0v) is 18.4. The predicted octanol–water partition coefficient (Wildman–Crippen LogP) is 1.84. The Balaban J connectivity index is 1.82. The fraction of sp³-hybridized carbons (Fsp3) is 0.600. The van der Waals surface area contributed by atoms with Crippen molar-refractivity contribution in [1.82, 2.24) is 25.1 Å². The van der Waals surface area contributed by atoms with Gasteiger partial charge in [0.15, 0.2) is 21.5 Å². The summed E-state index contributed by atoms with van der Waals surface area (Å²) < 4.78 is 27.2. The lowest BCUT2D eigenvalue weighted by molar-refractivity contribution is -0.123. The van der Waals surface area contributed by atoms with E-state index in [-0.39, 0.29) is 28.6 Å². The van der Waals surface area contributed by atoms with Gasteiger partial charge in [-0.05, 0) is 61.8 Å². The van der Waals surface area contributed by atoms with Crippen LogP contribution >= 0.6 is 0 Å². The molecule has 1 saturated heterocycles. The molecule has 2 aromatic rings. The molecule has 1 atom stereocenters. The zero-order chi connectivity index (χ0) is 21.7. The molecule has 2 heterocycles. The number of unbranched alkanes of at least 4 members (excludes halogenated alkanes) is 1. The first-order valence-electron chi connectivity index (χ1n) is 10.4. The van der Waals surface area contributed by atoms with Crippen molar-refractivity contribution in [1.29, 1.82) is 0 Å². The number of benzene rings is 1. The highest BCUT2D eigenvalue weighted by Gasteiger charge is 2.32. The third kappa shape index (κ3) is 5.23. The van der Waals surface area contributed by atoms with Crippen LogP contribution in [0.15, 0.2) is 29.2 Å². The summed E-state index contributed by atoms with van der Waals surface area (Å²) in [6, 6.07) is 6.68. The number of nitrogens with two attached hydrogens (primary N) is 1. The molecule has 30 heavy (non-hydrogen) atoms. The molecule has 1 aliphatic rings. The standard InChI is InChI=1S/C20H30N6O3S/c1-3-4-5-18(25-12-10-16(11-13-25)19(21)27)20-22-23-24-26(20)14-30(28,29)17-8-6-15(2)7-9-17/h6-9,16,18H,3-5,10-14H2,1-2H3,(H2,21,27)/t18-/m0/s1. The summed E-state index contributed by atoms with van der Waals surface area (Å²) in [5.41, 5.74) is 6.46. The van der Waals surface area contributed by atoms with Crippen LogP contribution in [0.3, 0.4) is 0 Å². The number of amides is 1. The molecular formula is C20H30N6O3S. The second-order valence-electron chi connectivity index (χ2n) is 7.96. The van der Waals surface area contributed by atoms with E-state index < -0.39 is 9.84 Å². The molecule has 10 heteroatoms. The Bertz CT molecular complexity index is 949. The van der Waals surface area contributed by atoms with Crippen molar-refractivity contribution in [2.75, 3.05) is 13.1 Å². The molecule has 1 fully saturated rings. The Morgan fingerprint density at radius 3 is 2.50 bits per heavy atom. The van der Waals surface area contributed by atoms with Gasteiger partial charge in [0.2, 0.25) is 5.91 Å². The molecule has 0 unspecified atom stereocenters. The predicted molar refractivity (Wildman–Crippen MR) is 112 cm³/mol. The van der Waals surface area contributed by atoms with E-state index in [4.69, 9.17) is 5.73 Å². The number of piperidine rings is 1. The number of primary amides is 1. The van der Waals surface area contributed by atoms with Gasteiger partial charge in [-0.15, -0.1) is 5.10 Å². The van der Waals surface area contributed by atoms with Crippen molar-refractivity contribution in [3.8, 4) is 0 Å². The molecular weight excluding hydrogens is 404 g/mol. The summed E-state index contributed by atoms with van der Waals surface area (Å²) in [4.78, 5) is 14.0. The van der Waals surface area contributed by atoms with Crippen LogP contribution in [0.25, 0.3) is 0 Å². The third-order valence-electron chi connectivity index (χ3n) is 5.73. The lowest BCUT2D eigenvalue weighted by atomic mass is 9.94. The topological polar surface area (TPSA) is 124 Å². The average Bonchev–Trinajstić information content (AvgIpc) is 3.16. The first kappa shape index (κ1) is 22.4. The highest BCUT2D eigenvalue weighted by molar-refractivity contribution is 7.90. The molecule has 2 N–H and O–H groups in total. The maximum atomic E-state index is 12.9. The number of rotatable bonds is 9. The van der Waals surface area contributed by atoms with Gasteiger partial charge in [-0.25, -0.2) is 13.1 Å². The number of carbonyl (C=O) groups is 1. The van der Waals surface area contributed by atoms with Crippen molar-refractivity contribution < 1.29 is 13.2 Å². The number of sulfone groups is 1. The molecule has 1 aliphatic heterocycles. The maximum Gasteiger partial charge on any atom is 0.220 e. The van der Waals surface area contributed by atoms with E-state index in [0.29, 0.717) is 31.8 Å². The summed E-state index contributed by atoms with van der Waals surface area (Å²) in [6.45, 7) is 5.44. The Morgan fingerprint density at radius 2 is 1.90 bits per heavy atom. The third-order valence-corrected chi connectivity index (χ3v) is 7.31. The van der Waals surface area contributed by atoms with Crippen molar-refractivity contribution in [2.45, 2.75) is 62.8 Å². The molecule has 0 aliphatic carbocycles. The minimum Gasteiger partial charge on any atom is -0.369 e. The van der Waals surface area contributed by atoms with Crippen molar-refractivity contribution in [3.05, 3.63) is 35.7 Å². The first-order chi connectivity index (χ1) is 14.3. The zero-order valence-electron chi connectivity index (χ0n) is 17.6. The second-order valence-corrected chi connectivity index (χ2v) is 9.92. The quantitative estimate of drug-likeness (QED) is 0.638. The van der Waals surface area contributed by atoms with Crippen LogP contribution in [-0.2, 0) is 20.5 Å². The summed E-state index contributed by atoms with van der Waals surface area (Å²) in [6.07, 6.45) is 4.19.